The summed E-state index contributed by atoms with van der Waals surface area (Å²) in [6.45, 7) is 1.25. The Bertz CT molecular complexity index is 313. The zero-order valence-corrected chi connectivity index (χ0v) is 6.95. The van der Waals surface area contributed by atoms with Crippen LogP contribution in [0.15, 0.2) is 12.1 Å². The van der Waals surface area contributed by atoms with Crippen molar-refractivity contribution >= 4 is 17.4 Å². The van der Waals surface area contributed by atoms with E-state index in [9.17, 15) is 13.6 Å². The highest BCUT2D eigenvalue weighted by atomic mass is 35.5. The standard InChI is InChI=1S/C8H5ClF2O/c1-4(12)5-2-6(9)8(11)7(10)3-5/h2-3H,1H3. The fraction of sp³-hybridized carbons (Fsp3) is 0.125. The van der Waals surface area contributed by atoms with E-state index in [0.717, 1.165) is 12.1 Å². The zero-order valence-electron chi connectivity index (χ0n) is 6.20. The van der Waals surface area contributed by atoms with Gasteiger partial charge in [-0.2, -0.15) is 0 Å². The number of ketones is 1. The predicted octanol–water partition coefficient (Wildman–Crippen LogP) is 2.82. The molecule has 0 amide bonds. The molecule has 0 aromatic heterocycles. The van der Waals surface area contributed by atoms with Gasteiger partial charge in [-0.1, -0.05) is 11.6 Å². The molecule has 0 atom stereocenters. The second-order valence-electron chi connectivity index (χ2n) is 2.31. The van der Waals surface area contributed by atoms with E-state index in [4.69, 9.17) is 11.6 Å². The molecule has 1 aromatic carbocycles. The Kier molecular flexibility index (Phi) is 2.43. The molecule has 0 N–H and O–H groups in total. The van der Waals surface area contributed by atoms with Gasteiger partial charge in [0.2, 0.25) is 0 Å². The molecule has 0 spiro atoms. The van der Waals surface area contributed by atoms with Crippen molar-refractivity contribution in [1.29, 1.82) is 0 Å². The number of hydrogen-bond donors (Lipinski definition) is 0. The fourth-order valence-electron chi connectivity index (χ4n) is 0.759. The largest absolute Gasteiger partial charge is 0.295 e. The Morgan fingerprint density at radius 2 is 2.00 bits per heavy atom. The highest BCUT2D eigenvalue weighted by molar-refractivity contribution is 6.31. The van der Waals surface area contributed by atoms with Crippen LogP contribution in [0.3, 0.4) is 0 Å². The van der Waals surface area contributed by atoms with Crippen LogP contribution in [0.1, 0.15) is 17.3 Å². The molecule has 4 heteroatoms. The molecule has 0 radical (unpaired) electrons. The van der Waals surface area contributed by atoms with E-state index in [-0.39, 0.29) is 16.4 Å². The molecule has 1 aromatic rings. The zero-order chi connectivity index (χ0) is 9.30. The van der Waals surface area contributed by atoms with Crippen molar-refractivity contribution in [2.24, 2.45) is 0 Å². The molecule has 1 rings (SSSR count). The first-order chi connectivity index (χ1) is 5.52. The van der Waals surface area contributed by atoms with Crippen molar-refractivity contribution < 1.29 is 13.6 Å². The van der Waals surface area contributed by atoms with E-state index in [2.05, 4.69) is 0 Å². The van der Waals surface area contributed by atoms with Crippen LogP contribution in [0.4, 0.5) is 8.78 Å². The number of carbonyl (C=O) groups excluding carboxylic acids is 1. The smallest absolute Gasteiger partial charge is 0.177 e. The summed E-state index contributed by atoms with van der Waals surface area (Å²) in [5, 5.41) is -0.375. The number of Topliss-reactive ketones (excluding diaryl/α,β-unsaturated/α-hetero) is 1. The Balaban J connectivity index is 3.31. The van der Waals surface area contributed by atoms with Gasteiger partial charge in [0.25, 0.3) is 0 Å². The summed E-state index contributed by atoms with van der Waals surface area (Å²) in [6.07, 6.45) is 0. The van der Waals surface area contributed by atoms with Gasteiger partial charge in [-0.3, -0.25) is 4.79 Å². The predicted molar refractivity (Wildman–Crippen MR) is 41.4 cm³/mol. The summed E-state index contributed by atoms with van der Waals surface area (Å²) >= 11 is 5.30. The van der Waals surface area contributed by atoms with Gasteiger partial charge in [-0.05, 0) is 19.1 Å². The lowest BCUT2D eigenvalue weighted by Gasteiger charge is -1.98. The quantitative estimate of drug-likeness (QED) is 0.492. The number of halogens is 3. The first-order valence-electron chi connectivity index (χ1n) is 3.18. The van der Waals surface area contributed by atoms with E-state index in [1.807, 2.05) is 0 Å². The molecule has 1 nitrogen and oxygen atoms in total. The Labute approximate surface area is 73.0 Å². The summed E-state index contributed by atoms with van der Waals surface area (Å²) < 4.78 is 25.1. The van der Waals surface area contributed by atoms with Crippen LogP contribution >= 0.6 is 11.6 Å². The van der Waals surface area contributed by atoms with Crippen LogP contribution < -0.4 is 0 Å². The van der Waals surface area contributed by atoms with Gasteiger partial charge < -0.3 is 0 Å². The van der Waals surface area contributed by atoms with Crippen molar-refractivity contribution in [3.8, 4) is 0 Å². The van der Waals surface area contributed by atoms with Crippen LogP contribution in [0.2, 0.25) is 5.02 Å². The van der Waals surface area contributed by atoms with Crippen molar-refractivity contribution in [2.45, 2.75) is 6.92 Å². The molecular formula is C8H5ClF2O. The minimum atomic E-state index is -1.12. The summed E-state index contributed by atoms with van der Waals surface area (Å²) in [5.74, 6) is -2.58. The van der Waals surface area contributed by atoms with Gasteiger partial charge in [-0.25, -0.2) is 8.78 Å². The van der Waals surface area contributed by atoms with Gasteiger partial charge >= 0.3 is 0 Å². The summed E-state index contributed by atoms with van der Waals surface area (Å²) in [7, 11) is 0. The molecule has 0 heterocycles. The maximum Gasteiger partial charge on any atom is 0.177 e. The summed E-state index contributed by atoms with van der Waals surface area (Å²) in [4.78, 5) is 10.7. The van der Waals surface area contributed by atoms with Gasteiger partial charge in [0.05, 0.1) is 5.02 Å². The molecule has 0 unspecified atom stereocenters. The van der Waals surface area contributed by atoms with E-state index in [1.165, 1.54) is 6.92 Å². The molecule has 0 aliphatic rings. The molecule has 0 aliphatic heterocycles. The molecule has 12 heavy (non-hydrogen) atoms. The minimum absolute atomic E-state index is 0.0684. The van der Waals surface area contributed by atoms with Crippen molar-refractivity contribution in [3.05, 3.63) is 34.4 Å². The monoisotopic (exact) mass is 190 g/mol. The maximum atomic E-state index is 12.6. The summed E-state index contributed by atoms with van der Waals surface area (Å²) in [5.41, 5.74) is 0.0684. The highest BCUT2D eigenvalue weighted by Crippen LogP contribution is 2.19. The van der Waals surface area contributed by atoms with Crippen LogP contribution in [0.25, 0.3) is 0 Å². The second-order valence-corrected chi connectivity index (χ2v) is 2.72. The van der Waals surface area contributed by atoms with Crippen LogP contribution in [0.5, 0.6) is 0 Å². The van der Waals surface area contributed by atoms with Crippen molar-refractivity contribution in [2.75, 3.05) is 0 Å². The van der Waals surface area contributed by atoms with Crippen LogP contribution in [-0.2, 0) is 0 Å². The van der Waals surface area contributed by atoms with E-state index in [0.29, 0.717) is 0 Å². The molecule has 0 bridgehead atoms. The average molecular weight is 191 g/mol. The Morgan fingerprint density at radius 1 is 1.42 bits per heavy atom. The average Bonchev–Trinajstić information content (AvgIpc) is 1.99. The van der Waals surface area contributed by atoms with Crippen LogP contribution in [-0.4, -0.2) is 5.78 Å². The van der Waals surface area contributed by atoms with Crippen molar-refractivity contribution in [1.82, 2.24) is 0 Å². The first kappa shape index (κ1) is 9.13. The highest BCUT2D eigenvalue weighted by Gasteiger charge is 2.10. The topological polar surface area (TPSA) is 17.1 Å². The first-order valence-corrected chi connectivity index (χ1v) is 3.55. The molecular weight excluding hydrogens is 186 g/mol. The number of hydrogen-bond acceptors (Lipinski definition) is 1. The third-order valence-corrected chi connectivity index (χ3v) is 1.67. The SMILES string of the molecule is CC(=O)c1cc(F)c(F)c(Cl)c1. The Hall–Kier alpha value is -0.960. The van der Waals surface area contributed by atoms with E-state index in [1.54, 1.807) is 0 Å². The van der Waals surface area contributed by atoms with Gasteiger partial charge in [0.15, 0.2) is 17.4 Å². The normalized spacial score (nSPS) is 10.0. The van der Waals surface area contributed by atoms with E-state index >= 15 is 0 Å². The number of rotatable bonds is 1. The van der Waals surface area contributed by atoms with Crippen LogP contribution in [0, 0.1) is 11.6 Å². The fourth-order valence-corrected chi connectivity index (χ4v) is 0.967. The minimum Gasteiger partial charge on any atom is -0.295 e. The summed E-state index contributed by atoms with van der Waals surface area (Å²) in [6, 6.07) is 1.92. The van der Waals surface area contributed by atoms with E-state index < -0.39 is 11.6 Å². The molecule has 0 saturated carbocycles. The molecule has 0 saturated heterocycles. The lowest BCUT2D eigenvalue weighted by Crippen LogP contribution is -1.95. The second kappa shape index (κ2) is 3.19. The lowest BCUT2D eigenvalue weighted by atomic mass is 10.1. The molecule has 64 valence electrons. The van der Waals surface area contributed by atoms with Gasteiger partial charge in [0, 0.05) is 5.56 Å². The van der Waals surface area contributed by atoms with Crippen molar-refractivity contribution in [3.63, 3.8) is 0 Å². The number of carbonyl (C=O) groups is 1. The maximum absolute atomic E-state index is 12.6. The third kappa shape index (κ3) is 1.61. The third-order valence-electron chi connectivity index (χ3n) is 1.39. The molecule has 0 aliphatic carbocycles. The number of benzene rings is 1. The molecule has 0 fully saturated rings. The Morgan fingerprint density at radius 3 is 2.42 bits per heavy atom. The van der Waals surface area contributed by atoms with Gasteiger partial charge in [0.1, 0.15) is 0 Å². The lowest BCUT2D eigenvalue weighted by molar-refractivity contribution is 0.101. The van der Waals surface area contributed by atoms with Gasteiger partial charge in [-0.15, -0.1) is 0 Å².